The normalized spacial score (nSPS) is 10.9. The number of hydrogen-bond donors (Lipinski definition) is 0. The van der Waals surface area contributed by atoms with Crippen LogP contribution in [-0.4, -0.2) is 4.98 Å². The van der Waals surface area contributed by atoms with Gasteiger partial charge in [0, 0.05) is 17.7 Å². The fourth-order valence-corrected chi connectivity index (χ4v) is 2.66. The number of aryl methyl sites for hydroxylation is 1. The highest BCUT2D eigenvalue weighted by molar-refractivity contribution is 7.21. The first kappa shape index (κ1) is 10.4. The molecule has 3 aromatic rings. The average Bonchev–Trinajstić information content (AvgIpc) is 2.72. The molecule has 0 saturated heterocycles. The first-order chi connectivity index (χ1) is 8.22. The van der Waals surface area contributed by atoms with E-state index in [4.69, 9.17) is 0 Å². The third kappa shape index (κ3) is 1.91. The van der Waals surface area contributed by atoms with Crippen molar-refractivity contribution in [2.75, 3.05) is 0 Å². The van der Waals surface area contributed by atoms with Crippen molar-refractivity contribution >= 4 is 21.6 Å². The van der Waals surface area contributed by atoms with Gasteiger partial charge in [0.1, 0.15) is 17.9 Å². The quantitative estimate of drug-likeness (QED) is 0.602. The van der Waals surface area contributed by atoms with E-state index in [2.05, 4.69) is 4.98 Å². The van der Waals surface area contributed by atoms with Crippen LogP contribution < -0.4 is 4.57 Å². The van der Waals surface area contributed by atoms with E-state index in [-0.39, 0.29) is 5.82 Å². The molecule has 0 N–H and O–H groups in total. The number of fused-ring (bicyclic) bond motifs is 1. The van der Waals surface area contributed by atoms with Gasteiger partial charge in [0.15, 0.2) is 12.4 Å². The number of rotatable bonds is 1. The highest BCUT2D eigenvalue weighted by Gasteiger charge is 2.07. The zero-order chi connectivity index (χ0) is 11.8. The summed E-state index contributed by atoms with van der Waals surface area (Å²) >= 11 is 1.51. The molecule has 1 aromatic carbocycles. The molecule has 0 saturated carbocycles. The molecule has 0 aliphatic rings. The van der Waals surface area contributed by atoms with E-state index in [9.17, 15) is 4.39 Å². The lowest BCUT2D eigenvalue weighted by atomic mass is 10.3. The van der Waals surface area contributed by atoms with E-state index in [1.54, 1.807) is 6.07 Å². The number of benzene rings is 1. The van der Waals surface area contributed by atoms with Crippen LogP contribution in [0.4, 0.5) is 4.39 Å². The number of pyridine rings is 1. The minimum atomic E-state index is -0.216. The molecule has 4 heteroatoms. The van der Waals surface area contributed by atoms with Gasteiger partial charge in [-0.15, -0.1) is 11.3 Å². The van der Waals surface area contributed by atoms with Gasteiger partial charge in [-0.25, -0.2) is 13.9 Å². The maximum absolute atomic E-state index is 13.1. The smallest absolute Gasteiger partial charge is 0.169 e. The summed E-state index contributed by atoms with van der Waals surface area (Å²) in [5.74, 6) is -0.216. The number of nitrogens with zero attached hydrogens (tertiary/aromatic N) is 2. The van der Waals surface area contributed by atoms with Crippen molar-refractivity contribution in [3.05, 3.63) is 48.5 Å². The lowest BCUT2D eigenvalue weighted by molar-refractivity contribution is -0.671. The highest BCUT2D eigenvalue weighted by atomic mass is 32.1. The summed E-state index contributed by atoms with van der Waals surface area (Å²) in [6, 6.07) is 8.70. The third-order valence-electron chi connectivity index (χ3n) is 2.58. The predicted octanol–water partition coefficient (Wildman–Crippen LogP) is 2.93. The average molecular weight is 245 g/mol. The van der Waals surface area contributed by atoms with Crippen LogP contribution in [0.2, 0.25) is 0 Å². The van der Waals surface area contributed by atoms with Crippen LogP contribution in [0.15, 0.2) is 42.7 Å². The molecule has 0 fully saturated rings. The molecule has 0 atom stereocenters. The third-order valence-corrected chi connectivity index (χ3v) is 3.64. The van der Waals surface area contributed by atoms with Crippen molar-refractivity contribution in [1.29, 1.82) is 0 Å². The Morgan fingerprint density at radius 3 is 2.71 bits per heavy atom. The van der Waals surface area contributed by atoms with Gasteiger partial charge >= 0.3 is 0 Å². The van der Waals surface area contributed by atoms with E-state index < -0.39 is 0 Å². The Labute approximate surface area is 102 Å². The minimum absolute atomic E-state index is 0.216. The standard InChI is InChI=1S/C13H10FN2S/c1-16-6-4-9(5-7-16)13-15-11-3-2-10(14)8-12(11)17-13/h2-8H,1H3/q+1. The summed E-state index contributed by atoms with van der Waals surface area (Å²) in [4.78, 5) is 4.50. The number of halogens is 1. The molecular formula is C13H10FN2S+. The monoisotopic (exact) mass is 245 g/mol. The molecule has 2 heterocycles. The van der Waals surface area contributed by atoms with Gasteiger partial charge in [0.25, 0.3) is 0 Å². The Morgan fingerprint density at radius 2 is 1.94 bits per heavy atom. The van der Waals surface area contributed by atoms with Crippen molar-refractivity contribution in [2.45, 2.75) is 0 Å². The summed E-state index contributed by atoms with van der Waals surface area (Å²) in [7, 11) is 1.97. The van der Waals surface area contributed by atoms with Gasteiger partial charge in [-0.1, -0.05) is 0 Å². The van der Waals surface area contributed by atoms with Gasteiger partial charge in [-0.3, -0.25) is 0 Å². The fourth-order valence-electron chi connectivity index (χ4n) is 1.67. The molecule has 84 valence electrons. The zero-order valence-corrected chi connectivity index (χ0v) is 10.0. The first-order valence-corrected chi connectivity index (χ1v) is 6.06. The Bertz CT molecular complexity index is 673. The Kier molecular flexibility index (Phi) is 2.37. The zero-order valence-electron chi connectivity index (χ0n) is 9.22. The van der Waals surface area contributed by atoms with Crippen LogP contribution >= 0.6 is 11.3 Å². The SMILES string of the molecule is C[n+]1ccc(-c2nc3ccc(F)cc3s2)cc1. The van der Waals surface area contributed by atoms with Gasteiger partial charge < -0.3 is 0 Å². The second-order valence-electron chi connectivity index (χ2n) is 3.88. The molecule has 2 aromatic heterocycles. The summed E-state index contributed by atoms with van der Waals surface area (Å²) in [5, 5.41) is 0.922. The van der Waals surface area contributed by atoms with Gasteiger partial charge in [-0.2, -0.15) is 0 Å². The van der Waals surface area contributed by atoms with Crippen molar-refractivity contribution in [2.24, 2.45) is 7.05 Å². The number of thiazole rings is 1. The van der Waals surface area contributed by atoms with Gasteiger partial charge in [0.05, 0.1) is 10.2 Å². The van der Waals surface area contributed by atoms with Gasteiger partial charge in [-0.05, 0) is 18.2 Å². The molecule has 3 rings (SSSR count). The Morgan fingerprint density at radius 1 is 1.18 bits per heavy atom. The molecule has 0 bridgehead atoms. The number of aromatic nitrogens is 2. The second-order valence-corrected chi connectivity index (χ2v) is 4.91. The topological polar surface area (TPSA) is 16.8 Å². The predicted molar refractivity (Wildman–Crippen MR) is 66.2 cm³/mol. The van der Waals surface area contributed by atoms with Crippen LogP contribution in [0.25, 0.3) is 20.8 Å². The van der Waals surface area contributed by atoms with E-state index in [0.717, 1.165) is 20.8 Å². The molecule has 0 spiro atoms. The van der Waals surface area contributed by atoms with Crippen LogP contribution in [0, 0.1) is 5.82 Å². The molecule has 0 aliphatic carbocycles. The molecule has 17 heavy (non-hydrogen) atoms. The van der Waals surface area contributed by atoms with Crippen LogP contribution in [-0.2, 0) is 7.05 Å². The fraction of sp³-hybridized carbons (Fsp3) is 0.0769. The van der Waals surface area contributed by atoms with Crippen LogP contribution in [0.5, 0.6) is 0 Å². The summed E-state index contributed by atoms with van der Waals surface area (Å²) in [5.41, 5.74) is 1.91. The lowest BCUT2D eigenvalue weighted by Gasteiger charge is -1.92. The minimum Gasteiger partial charge on any atom is -0.236 e. The maximum Gasteiger partial charge on any atom is 0.169 e. The van der Waals surface area contributed by atoms with Crippen molar-refractivity contribution in [3.63, 3.8) is 0 Å². The van der Waals surface area contributed by atoms with Gasteiger partial charge in [0.2, 0.25) is 0 Å². The Balaban J connectivity index is 2.14. The first-order valence-electron chi connectivity index (χ1n) is 5.24. The molecule has 0 radical (unpaired) electrons. The van der Waals surface area contributed by atoms with Crippen molar-refractivity contribution in [1.82, 2.24) is 4.98 Å². The van der Waals surface area contributed by atoms with Crippen LogP contribution in [0.1, 0.15) is 0 Å². The molecule has 0 amide bonds. The van der Waals surface area contributed by atoms with Crippen molar-refractivity contribution < 1.29 is 8.96 Å². The van der Waals surface area contributed by atoms with E-state index >= 15 is 0 Å². The van der Waals surface area contributed by atoms with Crippen LogP contribution in [0.3, 0.4) is 0 Å². The summed E-state index contributed by atoms with van der Waals surface area (Å²) < 4.78 is 15.9. The molecule has 2 nitrogen and oxygen atoms in total. The molecular weight excluding hydrogens is 235 g/mol. The van der Waals surface area contributed by atoms with E-state index in [1.165, 1.54) is 23.5 Å². The summed E-state index contributed by atoms with van der Waals surface area (Å²) in [6.07, 6.45) is 3.95. The van der Waals surface area contributed by atoms with Crippen molar-refractivity contribution in [3.8, 4) is 10.6 Å². The van der Waals surface area contributed by atoms with E-state index in [0.29, 0.717) is 0 Å². The summed E-state index contributed by atoms with van der Waals surface area (Å²) in [6.45, 7) is 0. The van der Waals surface area contributed by atoms with E-state index in [1.807, 2.05) is 36.1 Å². The second kappa shape index (κ2) is 3.89. The highest BCUT2D eigenvalue weighted by Crippen LogP contribution is 2.29. The number of hydrogen-bond acceptors (Lipinski definition) is 2. The Hall–Kier alpha value is -1.81. The molecule has 0 aliphatic heterocycles. The maximum atomic E-state index is 13.1. The lowest BCUT2D eigenvalue weighted by Crippen LogP contribution is -2.25. The molecule has 0 unspecified atom stereocenters. The largest absolute Gasteiger partial charge is 0.236 e.